The quantitative estimate of drug-likeness (QED) is 0.0111. The normalized spacial score (nSPS) is 13.3. The molecule has 0 atom stereocenters. The van der Waals surface area contributed by atoms with Crippen LogP contribution in [0.25, 0.3) is 113 Å². The molecule has 144 heavy (non-hydrogen) atoms. The van der Waals surface area contributed by atoms with E-state index in [9.17, 15) is 0 Å². The van der Waals surface area contributed by atoms with Gasteiger partial charge in [-0.05, 0) is 155 Å². The van der Waals surface area contributed by atoms with E-state index in [1.807, 2.05) is 54.6 Å². The van der Waals surface area contributed by atoms with Gasteiger partial charge in [0.05, 0.1) is 89.7 Å². The SMILES string of the molecule is CCCCCCCCC1(CCCCCCCC)c2ccccc2-c2cc(C#Cc3c4nc(c(-c5c(F)c(F)c(F)c(F)c5F)c5cc(c(-c6c(F)c(F)c(F)c(F)c6F)c6ccc([nH]6)c(C#Cc6ccc7c(c6)C(CCCCCCCC)(CCCCCCCC)c6ccccc6-7)c6nc(c(-c7c(F)c(F)c(F)c(F)c7F)c7cc(c(-c8c(F)c(F)c(F)c(F)c8F)c8ccc3[nH]8)C(=O)N7)C=C6)C(=O)N5)C=C4)ccc21. The molecule has 4 aliphatic heterocycles. The van der Waals surface area contributed by atoms with E-state index in [0.717, 1.165) is 260 Å². The van der Waals surface area contributed by atoms with Gasteiger partial charge in [-0.1, -0.05) is 266 Å². The van der Waals surface area contributed by atoms with E-state index in [0.29, 0.717) is 25.0 Å². The number of aromatic nitrogens is 4. The van der Waals surface area contributed by atoms with Crippen LogP contribution in [0.5, 0.6) is 0 Å². The molecule has 0 fully saturated rings. The number of aromatic amines is 2. The summed E-state index contributed by atoms with van der Waals surface area (Å²) in [5.41, 5.74) is -16.8. The number of benzene rings is 8. The van der Waals surface area contributed by atoms with Gasteiger partial charge in [0.25, 0.3) is 11.8 Å². The number of amides is 2. The molecule has 6 aliphatic rings. The first-order chi connectivity index (χ1) is 69.4. The maximum absolute atomic E-state index is 17.3. The average Bonchev–Trinajstić information content (AvgIpc) is 1.57. The van der Waals surface area contributed by atoms with Crippen molar-refractivity contribution in [2.75, 3.05) is 10.6 Å². The van der Waals surface area contributed by atoms with Gasteiger partial charge in [-0.3, -0.25) is 9.59 Å². The van der Waals surface area contributed by atoms with Crippen LogP contribution in [0.4, 0.5) is 99.2 Å². The standard InChI is InChI=1S/C116H96F20N6O2/c1-5-9-13-17-21-29-53-115(54-30-22-18-14-10-6-2)72-36-28-26-34-64(72)68-57-61(40-44-73(68)115)38-42-66-75-45-49-79(137-75)85(89-93(117)101(125)109(133)102(126)94(89)118)69-59-84(142-113(69)143)88(92-99(123)107(131)112(136)108(132)100(92)124)82-52-48-78(140-82)67(43-39-62-37-41-65-63-33-25-27-35-71(63)116(74(65)58-62,55-31-23-19-15-11-7-3)56-32-24-20-16-12-8-4)76-46-50-80(138-76)86(90-95(119)103(127)110(134)104(128)96(90)120)70-60-83(141-114(70)144)87(81-51-47-77(66)139-81)91-97(121)105(129)111(135)106(130)98(91)122/h25-28,33-37,40-41,44-52,57-60,137-138H,5-24,29-32,53-56H2,1-4H3,(H,141,144)(H,142,143). The number of anilines is 2. The van der Waals surface area contributed by atoms with E-state index < -0.39 is 262 Å². The molecule has 8 aromatic carbocycles. The minimum absolute atomic E-state index is 0.235. The second-order valence-electron chi connectivity index (χ2n) is 37.2. The predicted molar refractivity (Wildman–Crippen MR) is 520 cm³/mol. The van der Waals surface area contributed by atoms with E-state index in [-0.39, 0.29) is 11.1 Å². The van der Waals surface area contributed by atoms with Crippen LogP contribution in [0.2, 0.25) is 0 Å². The van der Waals surface area contributed by atoms with E-state index in [2.05, 4.69) is 94.1 Å². The highest BCUT2D eigenvalue weighted by atomic mass is 19.2. The van der Waals surface area contributed by atoms with Crippen molar-refractivity contribution in [2.24, 2.45) is 0 Å². The van der Waals surface area contributed by atoms with Crippen LogP contribution in [-0.2, 0) is 10.8 Å². The number of rotatable bonds is 32. The number of hydrogen-bond donors (Lipinski definition) is 4. The number of hydrogen-bond acceptors (Lipinski definition) is 4. The van der Waals surface area contributed by atoms with Gasteiger partial charge in [-0.15, -0.1) is 0 Å². The largest absolute Gasteiger partial charge is 0.354 e. The summed E-state index contributed by atoms with van der Waals surface area (Å²) in [6, 6.07) is 31.5. The molecular weight excluding hydrogens is 1890 g/mol. The Morgan fingerprint density at radius 1 is 0.243 bits per heavy atom. The molecule has 0 unspecified atom stereocenters. The Hall–Kier alpha value is -14.0. The minimum atomic E-state index is -2.72. The van der Waals surface area contributed by atoms with Gasteiger partial charge in [0.1, 0.15) is 0 Å². The summed E-state index contributed by atoms with van der Waals surface area (Å²) in [4.78, 5) is 45.7. The highest BCUT2D eigenvalue weighted by Crippen LogP contribution is 2.58. The molecular formula is C116H96F20N6O2. The Morgan fingerprint density at radius 2 is 0.521 bits per heavy atom. The zero-order valence-electron chi connectivity index (χ0n) is 78.9. The van der Waals surface area contributed by atoms with Crippen LogP contribution in [0.3, 0.4) is 0 Å². The lowest BCUT2D eigenvalue weighted by Crippen LogP contribution is -2.25. The van der Waals surface area contributed by atoms with Crippen LogP contribution < -0.4 is 10.6 Å². The van der Waals surface area contributed by atoms with Gasteiger partial charge in [0.2, 0.25) is 23.3 Å². The number of halogens is 20. The summed E-state index contributed by atoms with van der Waals surface area (Å²) in [7, 11) is 0. The van der Waals surface area contributed by atoms with Crippen molar-refractivity contribution in [1.82, 2.24) is 19.9 Å². The molecule has 11 aromatic rings. The number of nitrogens with zero attached hydrogens (tertiary/aromatic N) is 2. The summed E-state index contributed by atoms with van der Waals surface area (Å²) in [6.07, 6.45) is 30.2. The molecule has 2 amide bonds. The lowest BCUT2D eigenvalue weighted by molar-refractivity contribution is 0.102. The smallest absolute Gasteiger partial charge is 0.256 e. The lowest BCUT2D eigenvalue weighted by atomic mass is 9.70. The van der Waals surface area contributed by atoms with Gasteiger partial charge in [0.15, 0.2) is 93.1 Å². The van der Waals surface area contributed by atoms with Gasteiger partial charge >= 0.3 is 0 Å². The molecule has 4 N–H and O–H groups in total. The number of fused-ring (bicyclic) bond motifs is 18. The fraction of sp³-hybridized carbons (Fsp3) is 0.293. The highest BCUT2D eigenvalue weighted by Gasteiger charge is 2.46. The number of carbonyl (C=O) groups is 2. The first kappa shape index (κ1) is 101. The van der Waals surface area contributed by atoms with Gasteiger partial charge in [-0.25, -0.2) is 97.8 Å². The molecule has 7 heterocycles. The molecule has 0 saturated heterocycles. The summed E-state index contributed by atoms with van der Waals surface area (Å²) in [5.74, 6) is -43.8. The second kappa shape index (κ2) is 42.9. The Morgan fingerprint density at radius 3 is 0.882 bits per heavy atom. The predicted octanol–water partition coefficient (Wildman–Crippen LogP) is 33.8. The number of nitrogens with one attached hydrogen (secondary N) is 4. The van der Waals surface area contributed by atoms with Gasteiger partial charge in [0, 0.05) is 55.2 Å². The molecule has 3 aromatic heterocycles. The van der Waals surface area contributed by atoms with Crippen molar-refractivity contribution in [3.8, 4) is 90.4 Å². The summed E-state index contributed by atoms with van der Waals surface area (Å²) in [6.45, 7) is 8.48. The molecule has 0 saturated carbocycles. The molecule has 12 bridgehead atoms. The topological polar surface area (TPSA) is 116 Å². The molecule has 742 valence electrons. The monoisotopic (exact) mass is 1980 g/mol. The van der Waals surface area contributed by atoms with Crippen molar-refractivity contribution in [3.63, 3.8) is 0 Å². The third-order valence-electron chi connectivity index (χ3n) is 28.3. The number of unbranched alkanes of at least 4 members (excludes halogenated alkanes) is 20. The molecule has 8 nitrogen and oxygen atoms in total. The van der Waals surface area contributed by atoms with Gasteiger partial charge < -0.3 is 20.6 Å². The van der Waals surface area contributed by atoms with E-state index in [1.165, 1.54) is 0 Å². The third kappa shape index (κ3) is 18.7. The van der Waals surface area contributed by atoms with Crippen molar-refractivity contribution in [2.45, 2.75) is 218 Å². The van der Waals surface area contributed by atoms with Crippen molar-refractivity contribution in [3.05, 3.63) is 316 Å². The Kier molecular flexibility index (Phi) is 30.2. The number of H-pyrrole nitrogens is 2. The number of carbonyl (C=O) groups excluding carboxylic acids is 2. The maximum atomic E-state index is 17.3. The minimum Gasteiger partial charge on any atom is -0.354 e. The van der Waals surface area contributed by atoms with Crippen molar-refractivity contribution in [1.29, 1.82) is 0 Å². The van der Waals surface area contributed by atoms with Crippen molar-refractivity contribution >= 4 is 69.6 Å². The summed E-state index contributed by atoms with van der Waals surface area (Å²) >= 11 is 0. The second-order valence-corrected chi connectivity index (χ2v) is 37.2. The fourth-order valence-electron chi connectivity index (χ4n) is 21.1. The Balaban J connectivity index is 0.997. The van der Waals surface area contributed by atoms with E-state index in [4.69, 9.17) is 0 Å². The zero-order valence-corrected chi connectivity index (χ0v) is 78.9. The zero-order chi connectivity index (χ0) is 102. The molecule has 0 radical (unpaired) electrons. The molecule has 2 aliphatic carbocycles. The van der Waals surface area contributed by atoms with Crippen LogP contribution >= 0.6 is 0 Å². The first-order valence-corrected chi connectivity index (χ1v) is 48.8. The van der Waals surface area contributed by atoms with Crippen LogP contribution in [0.15, 0.2) is 121 Å². The van der Waals surface area contributed by atoms with Gasteiger partial charge in [-0.2, -0.15) is 0 Å². The van der Waals surface area contributed by atoms with E-state index >= 15 is 97.4 Å². The molecule has 17 rings (SSSR count). The maximum Gasteiger partial charge on any atom is 0.256 e. The van der Waals surface area contributed by atoms with E-state index in [1.54, 1.807) is 18.2 Å². The van der Waals surface area contributed by atoms with Crippen LogP contribution in [-0.4, -0.2) is 31.8 Å². The molecule has 28 heteroatoms. The van der Waals surface area contributed by atoms with Crippen LogP contribution in [0, 0.1) is 140 Å². The highest BCUT2D eigenvalue weighted by molar-refractivity contribution is 6.19. The fourth-order valence-corrected chi connectivity index (χ4v) is 21.1. The third-order valence-corrected chi connectivity index (χ3v) is 28.3. The van der Waals surface area contributed by atoms with Crippen LogP contribution in [0.1, 0.15) is 295 Å². The average molecular weight is 1990 g/mol. The summed E-state index contributed by atoms with van der Waals surface area (Å²) < 4.78 is 331. The lowest BCUT2D eigenvalue weighted by Gasteiger charge is -2.33. The Bertz CT molecular complexity index is 7490. The van der Waals surface area contributed by atoms with Crippen molar-refractivity contribution < 1.29 is 97.4 Å². The molecule has 0 spiro atoms. The first-order valence-electron chi connectivity index (χ1n) is 48.8. The Labute approximate surface area is 818 Å². The summed E-state index contributed by atoms with van der Waals surface area (Å²) in [5, 5.41) is 4.41.